The molecule has 3 rings (SSSR count). The number of hydrogen-bond donors (Lipinski definition) is 2. The fourth-order valence-corrected chi connectivity index (χ4v) is 2.94. The highest BCUT2D eigenvalue weighted by atomic mass is 32.1. The molecule has 94 valence electrons. The number of nitro groups is 1. The maximum atomic E-state index is 10.8. The Labute approximate surface area is 109 Å². The number of hydrogen-bond acceptors (Lipinski definition) is 4. The van der Waals surface area contributed by atoms with Crippen molar-refractivity contribution in [1.82, 2.24) is 5.32 Å². The molecule has 1 aromatic carbocycles. The molecule has 2 aliphatic heterocycles. The maximum absolute atomic E-state index is 10.8. The number of rotatable bonds is 1. The van der Waals surface area contributed by atoms with Crippen molar-refractivity contribution < 1.29 is 4.92 Å². The van der Waals surface area contributed by atoms with Crippen molar-refractivity contribution in [3.63, 3.8) is 0 Å². The van der Waals surface area contributed by atoms with Crippen LogP contribution in [0.25, 0.3) is 0 Å². The zero-order chi connectivity index (χ0) is 12.9. The van der Waals surface area contributed by atoms with Crippen LogP contribution in [-0.2, 0) is 0 Å². The van der Waals surface area contributed by atoms with E-state index in [9.17, 15) is 10.1 Å². The molecule has 18 heavy (non-hydrogen) atoms. The van der Waals surface area contributed by atoms with E-state index in [1.807, 2.05) is 11.8 Å². The van der Waals surface area contributed by atoms with Crippen LogP contribution in [-0.4, -0.2) is 22.2 Å². The predicted octanol–water partition coefficient (Wildman–Crippen LogP) is 1.82. The summed E-state index contributed by atoms with van der Waals surface area (Å²) in [6, 6.07) is 4.80. The van der Waals surface area contributed by atoms with Gasteiger partial charge in [0.05, 0.1) is 16.3 Å². The van der Waals surface area contributed by atoms with Crippen LogP contribution in [0.2, 0.25) is 0 Å². The Morgan fingerprint density at radius 2 is 2.33 bits per heavy atom. The van der Waals surface area contributed by atoms with E-state index in [2.05, 4.69) is 10.6 Å². The van der Waals surface area contributed by atoms with Gasteiger partial charge in [-0.15, -0.1) is 0 Å². The minimum absolute atomic E-state index is 0.0770. The third kappa shape index (κ3) is 1.43. The van der Waals surface area contributed by atoms with E-state index in [0.29, 0.717) is 5.11 Å². The normalized spacial score (nSPS) is 24.9. The summed E-state index contributed by atoms with van der Waals surface area (Å²) in [7, 11) is 0. The Morgan fingerprint density at radius 1 is 1.56 bits per heavy atom. The van der Waals surface area contributed by atoms with Crippen molar-refractivity contribution in [2.45, 2.75) is 19.0 Å². The van der Waals surface area contributed by atoms with Crippen molar-refractivity contribution in [1.29, 1.82) is 0 Å². The van der Waals surface area contributed by atoms with Crippen LogP contribution >= 0.6 is 12.2 Å². The van der Waals surface area contributed by atoms with Crippen LogP contribution in [0, 0.1) is 10.1 Å². The van der Waals surface area contributed by atoms with Crippen LogP contribution in [0.1, 0.15) is 13.3 Å². The highest BCUT2D eigenvalue weighted by Gasteiger charge is 2.44. The van der Waals surface area contributed by atoms with Gasteiger partial charge in [0.1, 0.15) is 5.66 Å². The van der Waals surface area contributed by atoms with Gasteiger partial charge in [-0.1, -0.05) is 0 Å². The van der Waals surface area contributed by atoms with Gasteiger partial charge >= 0.3 is 0 Å². The second-order valence-corrected chi connectivity index (χ2v) is 5.06. The number of thiocarbonyl (C=S) groups is 1. The molecule has 0 saturated carbocycles. The minimum Gasteiger partial charge on any atom is -0.362 e. The molecule has 2 heterocycles. The number of nitrogens with zero attached hydrogens (tertiary/aromatic N) is 2. The molecule has 0 amide bonds. The molecular formula is C11H12N4O2S. The summed E-state index contributed by atoms with van der Waals surface area (Å²) < 4.78 is 0. The van der Waals surface area contributed by atoms with Crippen LogP contribution in [0.4, 0.5) is 17.1 Å². The van der Waals surface area contributed by atoms with E-state index in [0.717, 1.165) is 24.3 Å². The Bertz CT molecular complexity index is 562. The van der Waals surface area contributed by atoms with Gasteiger partial charge in [-0.25, -0.2) is 0 Å². The molecule has 1 aromatic rings. The van der Waals surface area contributed by atoms with Gasteiger partial charge in [0.2, 0.25) is 0 Å². The van der Waals surface area contributed by atoms with Gasteiger partial charge in [0, 0.05) is 25.1 Å². The molecule has 0 aromatic heterocycles. The van der Waals surface area contributed by atoms with Crippen molar-refractivity contribution in [3.8, 4) is 0 Å². The number of non-ortho nitro benzene ring substituents is 1. The summed E-state index contributed by atoms with van der Waals surface area (Å²) in [4.78, 5) is 12.4. The van der Waals surface area contributed by atoms with Gasteiger partial charge in [-0.05, 0) is 25.2 Å². The second kappa shape index (κ2) is 3.55. The molecule has 6 nitrogen and oxygen atoms in total. The van der Waals surface area contributed by atoms with E-state index in [1.165, 1.54) is 6.07 Å². The topological polar surface area (TPSA) is 70.4 Å². The average Bonchev–Trinajstić information content (AvgIpc) is 2.60. The third-order valence-electron chi connectivity index (χ3n) is 3.42. The third-order valence-corrected chi connectivity index (χ3v) is 3.75. The van der Waals surface area contributed by atoms with Crippen LogP contribution in [0.5, 0.6) is 0 Å². The zero-order valence-corrected chi connectivity index (χ0v) is 10.6. The molecule has 1 unspecified atom stereocenters. The molecule has 2 N–H and O–H groups in total. The molecule has 1 atom stereocenters. The lowest BCUT2D eigenvalue weighted by molar-refractivity contribution is -0.384. The number of nitrogens with one attached hydrogen (secondary N) is 2. The summed E-state index contributed by atoms with van der Waals surface area (Å²) in [5, 5.41) is 17.9. The molecule has 0 bridgehead atoms. The number of benzene rings is 1. The molecule has 0 spiro atoms. The fraction of sp³-hybridized carbons (Fsp3) is 0.364. The summed E-state index contributed by atoms with van der Waals surface area (Å²) in [6.45, 7) is 2.85. The lowest BCUT2D eigenvalue weighted by atomic mass is 10.1. The second-order valence-electron chi connectivity index (χ2n) is 4.67. The van der Waals surface area contributed by atoms with Gasteiger partial charge in [0.15, 0.2) is 5.11 Å². The first kappa shape index (κ1) is 11.2. The molecule has 2 aliphatic rings. The van der Waals surface area contributed by atoms with Gasteiger partial charge in [-0.2, -0.15) is 0 Å². The monoisotopic (exact) mass is 264 g/mol. The molecular weight excluding hydrogens is 252 g/mol. The van der Waals surface area contributed by atoms with Crippen LogP contribution in [0.15, 0.2) is 18.2 Å². The highest BCUT2D eigenvalue weighted by molar-refractivity contribution is 7.80. The molecule has 1 fully saturated rings. The SMILES string of the molecule is CC12CCNC(=S)N1c1cc([N+](=O)[O-])ccc1N2. The molecule has 1 saturated heterocycles. The van der Waals surface area contributed by atoms with E-state index in [1.54, 1.807) is 12.1 Å². The van der Waals surface area contributed by atoms with E-state index in [4.69, 9.17) is 12.2 Å². The largest absolute Gasteiger partial charge is 0.362 e. The Kier molecular flexibility index (Phi) is 2.21. The van der Waals surface area contributed by atoms with Crippen molar-refractivity contribution in [2.24, 2.45) is 0 Å². The lowest BCUT2D eigenvalue weighted by Gasteiger charge is -2.41. The summed E-state index contributed by atoms with van der Waals surface area (Å²) in [5.74, 6) is 0. The van der Waals surface area contributed by atoms with E-state index in [-0.39, 0.29) is 11.4 Å². The lowest BCUT2D eigenvalue weighted by Crippen LogP contribution is -2.60. The van der Waals surface area contributed by atoms with Crippen LogP contribution in [0.3, 0.4) is 0 Å². The maximum Gasteiger partial charge on any atom is 0.271 e. The first-order chi connectivity index (χ1) is 8.51. The van der Waals surface area contributed by atoms with Crippen LogP contribution < -0.4 is 15.5 Å². The number of fused-ring (bicyclic) bond motifs is 3. The Hall–Kier alpha value is -1.89. The Balaban J connectivity index is 2.12. The first-order valence-corrected chi connectivity index (χ1v) is 6.07. The summed E-state index contributed by atoms with van der Waals surface area (Å²) >= 11 is 5.31. The standard InChI is InChI=1S/C11H12N4O2S/c1-11-4-5-12-10(18)14(11)9-6-7(15(16)17)2-3-8(9)13-11/h2-3,6,13H,4-5H2,1H3,(H,12,18). The van der Waals surface area contributed by atoms with Crippen molar-refractivity contribution >= 4 is 34.4 Å². The fourth-order valence-electron chi connectivity index (χ4n) is 2.54. The first-order valence-electron chi connectivity index (χ1n) is 5.66. The predicted molar refractivity (Wildman–Crippen MR) is 72.8 cm³/mol. The molecule has 0 radical (unpaired) electrons. The van der Waals surface area contributed by atoms with Crippen molar-refractivity contribution in [2.75, 3.05) is 16.8 Å². The van der Waals surface area contributed by atoms with Gasteiger partial charge in [0.25, 0.3) is 5.69 Å². The minimum atomic E-state index is -0.392. The average molecular weight is 264 g/mol. The zero-order valence-electron chi connectivity index (χ0n) is 9.77. The van der Waals surface area contributed by atoms with Crippen molar-refractivity contribution in [3.05, 3.63) is 28.3 Å². The van der Waals surface area contributed by atoms with E-state index >= 15 is 0 Å². The summed E-state index contributed by atoms with van der Waals surface area (Å²) in [5.41, 5.74) is 1.44. The van der Waals surface area contributed by atoms with Gasteiger partial charge in [-0.3, -0.25) is 15.0 Å². The molecule has 0 aliphatic carbocycles. The molecule has 7 heteroatoms. The van der Waals surface area contributed by atoms with Gasteiger partial charge < -0.3 is 10.6 Å². The quantitative estimate of drug-likeness (QED) is 0.458. The van der Waals surface area contributed by atoms with E-state index < -0.39 is 4.92 Å². The summed E-state index contributed by atoms with van der Waals surface area (Å²) in [6.07, 6.45) is 0.871. The Morgan fingerprint density at radius 3 is 3.06 bits per heavy atom. The number of anilines is 2. The highest BCUT2D eigenvalue weighted by Crippen LogP contribution is 2.44. The number of nitro benzene ring substituents is 1. The smallest absolute Gasteiger partial charge is 0.271 e.